The molecule has 3 nitrogen and oxygen atoms in total. The summed E-state index contributed by atoms with van der Waals surface area (Å²) in [6.07, 6.45) is 3.67. The SMILES string of the molecule is Cl.O=C(CCCc1ccc2c(c1)-c1ccccc1C2)N1C[C@H]2CNC[C@H]2C1. The fourth-order valence-corrected chi connectivity index (χ4v) is 4.99. The molecule has 142 valence electrons. The Morgan fingerprint density at radius 2 is 1.74 bits per heavy atom. The van der Waals surface area contributed by atoms with Crippen LogP contribution in [0.25, 0.3) is 11.1 Å². The maximum Gasteiger partial charge on any atom is 0.222 e. The van der Waals surface area contributed by atoms with Gasteiger partial charge in [0.15, 0.2) is 0 Å². The van der Waals surface area contributed by atoms with Gasteiger partial charge in [0.25, 0.3) is 0 Å². The first kappa shape index (κ1) is 18.5. The highest BCUT2D eigenvalue weighted by molar-refractivity contribution is 5.85. The Hall–Kier alpha value is -1.84. The molecule has 5 rings (SSSR count). The summed E-state index contributed by atoms with van der Waals surface area (Å²) in [6, 6.07) is 15.6. The molecule has 27 heavy (non-hydrogen) atoms. The first-order valence-corrected chi connectivity index (χ1v) is 9.96. The molecule has 1 N–H and O–H groups in total. The fourth-order valence-electron chi connectivity index (χ4n) is 4.99. The summed E-state index contributed by atoms with van der Waals surface area (Å²) in [5.41, 5.74) is 7.00. The summed E-state index contributed by atoms with van der Waals surface area (Å²) in [5, 5.41) is 3.44. The van der Waals surface area contributed by atoms with E-state index in [0.717, 1.165) is 45.4 Å². The normalized spacial score (nSPS) is 22.1. The van der Waals surface area contributed by atoms with Crippen molar-refractivity contribution in [3.8, 4) is 11.1 Å². The van der Waals surface area contributed by atoms with Gasteiger partial charge >= 0.3 is 0 Å². The Morgan fingerprint density at radius 3 is 2.56 bits per heavy atom. The number of likely N-dealkylation sites (tertiary alicyclic amines) is 1. The van der Waals surface area contributed by atoms with E-state index in [-0.39, 0.29) is 12.4 Å². The lowest BCUT2D eigenvalue weighted by Crippen LogP contribution is -2.31. The zero-order valence-corrected chi connectivity index (χ0v) is 16.4. The summed E-state index contributed by atoms with van der Waals surface area (Å²) in [6.45, 7) is 4.11. The summed E-state index contributed by atoms with van der Waals surface area (Å²) in [7, 11) is 0. The van der Waals surface area contributed by atoms with Gasteiger partial charge in [0.1, 0.15) is 0 Å². The molecule has 2 atom stereocenters. The minimum Gasteiger partial charge on any atom is -0.342 e. The molecule has 0 radical (unpaired) electrons. The Balaban J connectivity index is 0.00000180. The summed E-state index contributed by atoms with van der Waals surface area (Å²) in [5.74, 6) is 1.73. The number of fused-ring (bicyclic) bond motifs is 4. The molecule has 2 aromatic carbocycles. The lowest BCUT2D eigenvalue weighted by Gasteiger charge is -2.17. The molecule has 2 aromatic rings. The van der Waals surface area contributed by atoms with E-state index in [2.05, 4.69) is 52.7 Å². The van der Waals surface area contributed by atoms with Crippen LogP contribution < -0.4 is 5.32 Å². The minimum absolute atomic E-state index is 0. The smallest absolute Gasteiger partial charge is 0.222 e. The van der Waals surface area contributed by atoms with E-state index in [9.17, 15) is 4.79 Å². The molecule has 0 saturated carbocycles. The molecular formula is C23H27ClN2O. The quantitative estimate of drug-likeness (QED) is 0.746. The average Bonchev–Trinajstić information content (AvgIpc) is 3.34. The van der Waals surface area contributed by atoms with Crippen LogP contribution in [-0.4, -0.2) is 37.0 Å². The van der Waals surface area contributed by atoms with Gasteiger partial charge in [0.2, 0.25) is 5.91 Å². The number of aryl methyl sites for hydroxylation is 1. The van der Waals surface area contributed by atoms with Gasteiger partial charge in [0, 0.05) is 32.6 Å². The summed E-state index contributed by atoms with van der Waals surface area (Å²) >= 11 is 0. The van der Waals surface area contributed by atoms with Crippen molar-refractivity contribution in [2.24, 2.45) is 11.8 Å². The van der Waals surface area contributed by atoms with Crippen molar-refractivity contribution in [3.05, 3.63) is 59.2 Å². The zero-order chi connectivity index (χ0) is 17.5. The number of nitrogens with one attached hydrogen (secondary N) is 1. The fraction of sp³-hybridized carbons (Fsp3) is 0.435. The van der Waals surface area contributed by atoms with Crippen LogP contribution in [-0.2, 0) is 17.6 Å². The van der Waals surface area contributed by atoms with E-state index in [0.29, 0.717) is 24.2 Å². The van der Waals surface area contributed by atoms with Crippen LogP contribution >= 0.6 is 12.4 Å². The second-order valence-electron chi connectivity index (χ2n) is 8.16. The van der Waals surface area contributed by atoms with Crippen LogP contribution in [0.15, 0.2) is 42.5 Å². The van der Waals surface area contributed by atoms with Crippen LogP contribution in [0.3, 0.4) is 0 Å². The maximum atomic E-state index is 12.5. The number of rotatable bonds is 4. The van der Waals surface area contributed by atoms with Gasteiger partial charge in [-0.15, -0.1) is 12.4 Å². The second-order valence-corrected chi connectivity index (χ2v) is 8.16. The Labute approximate surface area is 167 Å². The van der Waals surface area contributed by atoms with E-state index in [1.807, 2.05) is 0 Å². The van der Waals surface area contributed by atoms with Gasteiger partial charge in [-0.3, -0.25) is 4.79 Å². The topological polar surface area (TPSA) is 32.3 Å². The monoisotopic (exact) mass is 382 g/mol. The third-order valence-electron chi connectivity index (χ3n) is 6.46. The van der Waals surface area contributed by atoms with Crippen LogP contribution in [0, 0.1) is 11.8 Å². The Morgan fingerprint density at radius 1 is 1.00 bits per heavy atom. The van der Waals surface area contributed by atoms with Crippen LogP contribution in [0.1, 0.15) is 29.5 Å². The number of carbonyl (C=O) groups excluding carboxylic acids is 1. The molecule has 2 saturated heterocycles. The van der Waals surface area contributed by atoms with Crippen molar-refractivity contribution in [1.29, 1.82) is 0 Å². The highest BCUT2D eigenvalue weighted by atomic mass is 35.5. The van der Waals surface area contributed by atoms with Crippen LogP contribution in [0.4, 0.5) is 0 Å². The van der Waals surface area contributed by atoms with Crippen molar-refractivity contribution in [2.75, 3.05) is 26.2 Å². The summed E-state index contributed by atoms with van der Waals surface area (Å²) in [4.78, 5) is 14.6. The number of hydrogen-bond donors (Lipinski definition) is 1. The van der Waals surface area contributed by atoms with Gasteiger partial charge in [-0.05, 0) is 58.9 Å². The Bertz CT molecular complexity index is 838. The molecule has 4 heteroatoms. The van der Waals surface area contributed by atoms with Crippen LogP contribution in [0.2, 0.25) is 0 Å². The van der Waals surface area contributed by atoms with E-state index in [1.54, 1.807) is 0 Å². The molecule has 2 aliphatic heterocycles. The van der Waals surface area contributed by atoms with E-state index in [4.69, 9.17) is 0 Å². The molecular weight excluding hydrogens is 356 g/mol. The van der Waals surface area contributed by atoms with Gasteiger partial charge < -0.3 is 10.2 Å². The van der Waals surface area contributed by atoms with E-state index < -0.39 is 0 Å². The molecule has 3 aliphatic rings. The predicted molar refractivity (Wildman–Crippen MR) is 111 cm³/mol. The second kappa shape index (κ2) is 7.65. The van der Waals surface area contributed by atoms with Gasteiger partial charge in [-0.1, -0.05) is 42.5 Å². The first-order chi connectivity index (χ1) is 12.8. The van der Waals surface area contributed by atoms with Crippen molar-refractivity contribution in [1.82, 2.24) is 10.2 Å². The van der Waals surface area contributed by atoms with E-state index in [1.165, 1.54) is 27.8 Å². The number of benzene rings is 2. The number of halogens is 1. The standard InChI is InChI=1S/C23H26N2O.ClH/c26-23(25-14-19-12-24-13-20(19)15-25)7-3-4-16-8-9-18-11-17-5-1-2-6-21(17)22(18)10-16;/h1-2,5-6,8-10,19-20,24H,3-4,7,11-15H2;1H/t19-,20+;. The third kappa shape index (κ3) is 3.51. The molecule has 0 bridgehead atoms. The summed E-state index contributed by atoms with van der Waals surface area (Å²) < 4.78 is 0. The average molecular weight is 383 g/mol. The molecule has 2 heterocycles. The third-order valence-corrected chi connectivity index (χ3v) is 6.46. The van der Waals surface area contributed by atoms with Crippen molar-refractivity contribution in [2.45, 2.75) is 25.7 Å². The van der Waals surface area contributed by atoms with Crippen LogP contribution in [0.5, 0.6) is 0 Å². The highest BCUT2D eigenvalue weighted by Gasteiger charge is 2.37. The molecule has 0 aromatic heterocycles. The number of carbonyl (C=O) groups is 1. The van der Waals surface area contributed by atoms with Crippen molar-refractivity contribution >= 4 is 18.3 Å². The van der Waals surface area contributed by atoms with Gasteiger partial charge in [-0.25, -0.2) is 0 Å². The molecule has 0 spiro atoms. The highest BCUT2D eigenvalue weighted by Crippen LogP contribution is 2.37. The van der Waals surface area contributed by atoms with Gasteiger partial charge in [0.05, 0.1) is 0 Å². The molecule has 0 unspecified atom stereocenters. The minimum atomic E-state index is 0. The zero-order valence-electron chi connectivity index (χ0n) is 15.6. The van der Waals surface area contributed by atoms with E-state index >= 15 is 0 Å². The lowest BCUT2D eigenvalue weighted by molar-refractivity contribution is -0.130. The largest absolute Gasteiger partial charge is 0.342 e. The van der Waals surface area contributed by atoms with Crippen molar-refractivity contribution < 1.29 is 4.79 Å². The first-order valence-electron chi connectivity index (χ1n) is 9.96. The number of nitrogens with zero attached hydrogens (tertiary/aromatic N) is 1. The molecule has 2 fully saturated rings. The van der Waals surface area contributed by atoms with Gasteiger partial charge in [-0.2, -0.15) is 0 Å². The maximum absolute atomic E-state index is 12.5. The number of hydrogen-bond acceptors (Lipinski definition) is 2. The predicted octanol–water partition coefficient (Wildman–Crippen LogP) is 3.68. The number of amides is 1. The lowest BCUT2D eigenvalue weighted by atomic mass is 10.00. The van der Waals surface area contributed by atoms with Crippen molar-refractivity contribution in [3.63, 3.8) is 0 Å². The molecule has 1 aliphatic carbocycles. The Kier molecular flexibility index (Phi) is 5.25. The molecule has 1 amide bonds.